The summed E-state index contributed by atoms with van der Waals surface area (Å²) in [7, 11) is 8.37. The average molecular weight is 1410 g/mol. The second-order valence-corrected chi connectivity index (χ2v) is 27.3. The number of nitrogens with one attached hydrogen (secondary N) is 8. The number of aliphatic carboxylic acids is 1. The monoisotopic (exact) mass is 1410 g/mol. The molecule has 0 bridgehead atoms. The van der Waals surface area contributed by atoms with Crippen LogP contribution in [0.2, 0.25) is 0 Å². The quantitative estimate of drug-likeness (QED) is 0.0162. The number of rotatable bonds is 39. The maximum atomic E-state index is 14.6. The average Bonchev–Trinajstić information content (AvgIpc) is 1.25. The van der Waals surface area contributed by atoms with Crippen LogP contribution in [0.1, 0.15) is 147 Å². The van der Waals surface area contributed by atoms with E-state index in [1.54, 1.807) is 68.8 Å². The van der Waals surface area contributed by atoms with Crippen molar-refractivity contribution >= 4 is 81.7 Å². The molecule has 3 aromatic carbocycles. The van der Waals surface area contributed by atoms with Gasteiger partial charge >= 0.3 is 5.97 Å². The number of carbonyl (C=O) groups excluding carboxylic acids is 8. The Kier molecular flexibility index (Phi) is 31.0. The van der Waals surface area contributed by atoms with Gasteiger partial charge in [0.1, 0.15) is 17.3 Å². The van der Waals surface area contributed by atoms with Crippen LogP contribution in [0.4, 0.5) is 17.3 Å². The van der Waals surface area contributed by atoms with E-state index in [9.17, 15) is 53.1 Å². The van der Waals surface area contributed by atoms with Crippen LogP contribution >= 0.6 is 0 Å². The highest BCUT2D eigenvalue weighted by atomic mass is 16.5. The van der Waals surface area contributed by atoms with Gasteiger partial charge in [0.25, 0.3) is 17.4 Å². The molecular weight excluding hydrogens is 1310 g/mol. The number of nitrogens with two attached hydrogens (primary N) is 1. The molecule has 1 fully saturated rings. The number of H-pyrrole nitrogens is 1. The minimum Gasteiger partial charge on any atom is -0.480 e. The standard InChI is InChI=1S/C74H105N15O13/c1-14-46(6)63(88(11)70(97)60(44(2)3)83-69(96)62(45(4)5)87(9)10)56(101-12)40-59(92)89-39-21-24-55(89)64(102-13)47(7)66(93)86-74(8,41-49-22-17-15-18-23-49)72(100)77-38-36-48-26-30-52(31-27-48)80-58(91)25-19-16-20-37-76-57(90)35-34-54(71(98)99)82-67(94)50-28-32-51(33-29-50)78-42-53-43-79-65-61(81-53)68(95)85-73(75)84-65/h15,17-18,22-23,26-33,43,45-47,54-56,62-64,78H,14,16,19-21,24-25,34-42H2,1-13H3,(H,76,90)(H,77,100)(H,80,91)(H,82,94)(H,83,96)(H,86,93)(H,98,99)(H3,75,79,84,85,95)/t46?,47?,54-,55?,56?,62?,63?,64?,74?/m0/s1. The Morgan fingerprint density at radius 3 is 2.13 bits per heavy atom. The van der Waals surface area contributed by atoms with E-state index >= 15 is 0 Å². The van der Waals surface area contributed by atoms with Crippen LogP contribution in [0.15, 0.2) is 101 Å². The van der Waals surface area contributed by atoms with Gasteiger partial charge in [-0.25, -0.2) is 14.8 Å². The van der Waals surface area contributed by atoms with Crippen LogP contribution in [-0.2, 0) is 67.2 Å². The first-order valence-corrected chi connectivity index (χ1v) is 34.9. The number of carbonyl (C=O) groups is 9. The number of hydrogen-bond donors (Lipinski definition) is 10. The van der Waals surface area contributed by atoms with Gasteiger partial charge in [0, 0.05) is 77.1 Å². The fraction of sp³-hybridized carbons (Fsp3) is 0.527. The molecule has 102 heavy (non-hydrogen) atoms. The number of benzene rings is 3. The molecule has 0 radical (unpaired) electrons. The zero-order valence-electron chi connectivity index (χ0n) is 61.2. The number of hydrogen-bond acceptors (Lipinski definition) is 18. The van der Waals surface area contributed by atoms with Gasteiger partial charge in [0.05, 0.1) is 61.1 Å². The van der Waals surface area contributed by atoms with E-state index in [2.05, 4.69) is 57.2 Å². The first-order valence-electron chi connectivity index (χ1n) is 34.9. The lowest BCUT2D eigenvalue weighted by molar-refractivity contribution is -0.146. The van der Waals surface area contributed by atoms with Gasteiger partial charge in [0.2, 0.25) is 41.4 Å². The summed E-state index contributed by atoms with van der Waals surface area (Å²) < 4.78 is 12.2. The normalized spacial score (nSPS) is 15.5. The van der Waals surface area contributed by atoms with Crippen LogP contribution < -0.4 is 48.5 Å². The maximum absolute atomic E-state index is 14.6. The molecule has 2 aromatic heterocycles. The third-order valence-electron chi connectivity index (χ3n) is 18.7. The summed E-state index contributed by atoms with van der Waals surface area (Å²) >= 11 is 0. The lowest BCUT2D eigenvalue weighted by Gasteiger charge is -2.40. The van der Waals surface area contributed by atoms with Crippen molar-refractivity contribution in [3.63, 3.8) is 0 Å². The molecule has 0 saturated carbocycles. The Bertz CT molecular complexity index is 3760. The molecular formula is C74H105N15O13. The number of carboxylic acids is 1. The highest BCUT2D eigenvalue weighted by Crippen LogP contribution is 2.31. The van der Waals surface area contributed by atoms with Gasteiger partial charge in [-0.1, -0.05) is 89.9 Å². The van der Waals surface area contributed by atoms with Crippen molar-refractivity contribution in [2.45, 2.75) is 181 Å². The smallest absolute Gasteiger partial charge is 0.326 e. The van der Waals surface area contributed by atoms with Gasteiger partial charge < -0.3 is 67.3 Å². The summed E-state index contributed by atoms with van der Waals surface area (Å²) in [6, 6.07) is 20.1. The summed E-state index contributed by atoms with van der Waals surface area (Å²) in [4.78, 5) is 154. The van der Waals surface area contributed by atoms with Crippen LogP contribution in [0, 0.1) is 17.8 Å². The summed E-state index contributed by atoms with van der Waals surface area (Å²) in [6.07, 6.45) is 4.13. The molecule has 8 amide bonds. The van der Waals surface area contributed by atoms with Crippen molar-refractivity contribution in [2.24, 2.45) is 17.8 Å². The zero-order valence-corrected chi connectivity index (χ0v) is 61.2. The second-order valence-electron chi connectivity index (χ2n) is 27.3. The Hall–Kier alpha value is -9.67. The minimum atomic E-state index is -1.41. The third kappa shape index (κ3) is 23.2. The summed E-state index contributed by atoms with van der Waals surface area (Å²) in [6.45, 7) is 16.1. The topological polar surface area (TPSA) is 384 Å². The molecule has 3 heterocycles. The van der Waals surface area contributed by atoms with Gasteiger partial charge in [-0.2, -0.15) is 4.98 Å². The highest BCUT2D eigenvalue weighted by molar-refractivity contribution is 6.00. The summed E-state index contributed by atoms with van der Waals surface area (Å²) in [5.74, 6) is -5.26. The number of amides is 8. The van der Waals surface area contributed by atoms with Crippen LogP contribution in [0.25, 0.3) is 11.2 Å². The molecule has 5 aromatic rings. The Morgan fingerprint density at radius 2 is 1.50 bits per heavy atom. The van der Waals surface area contributed by atoms with Crippen molar-refractivity contribution < 1.29 is 57.7 Å². The minimum absolute atomic E-state index is 0.0220. The molecule has 554 valence electrons. The van der Waals surface area contributed by atoms with Crippen LogP contribution in [0.5, 0.6) is 0 Å². The first kappa shape index (κ1) is 81.3. The lowest BCUT2D eigenvalue weighted by Crippen LogP contribution is -2.61. The van der Waals surface area contributed by atoms with Crippen molar-refractivity contribution in [1.29, 1.82) is 0 Å². The number of unbranched alkanes of at least 4 members (excludes halogenated alkanes) is 2. The van der Waals surface area contributed by atoms with E-state index in [1.807, 2.05) is 89.2 Å². The lowest BCUT2D eigenvalue weighted by atomic mass is 9.88. The number of carboxylic acid groups (broad SMARTS) is 1. The SMILES string of the molecule is CCC(C)C(C(CC(=O)N1CCCC1C(OC)C(C)C(=O)NC(C)(Cc1ccccc1)C(=O)NCCc1ccc(NC(=O)CCCCCNC(=O)CC[C@H](NC(=O)c2ccc(NCc3cnc4nc(N)[nH]c(=O)c4n3)cc2)C(=O)O)cc1)OC)N(C)C(=O)C(NC(=O)C(C(C)C)N(C)C)=C(C)C. The molecule has 1 aliphatic heterocycles. The Balaban J connectivity index is 0.930. The zero-order chi connectivity index (χ0) is 75.0. The molecule has 1 aliphatic rings. The van der Waals surface area contributed by atoms with Crippen LogP contribution in [-0.4, -0.2) is 190 Å². The number of nitrogen functional groups attached to an aromatic ring is 1. The maximum Gasteiger partial charge on any atom is 0.326 e. The molecule has 28 heteroatoms. The fourth-order valence-corrected chi connectivity index (χ4v) is 12.9. The molecule has 28 nitrogen and oxygen atoms in total. The predicted molar refractivity (Wildman–Crippen MR) is 389 cm³/mol. The number of allylic oxidation sites excluding steroid dienone is 1. The van der Waals surface area contributed by atoms with Gasteiger partial charge in [-0.15, -0.1) is 0 Å². The number of fused-ring (bicyclic) bond motifs is 1. The third-order valence-corrected chi connectivity index (χ3v) is 18.7. The number of nitrogens with zero attached hydrogens (tertiary/aromatic N) is 6. The van der Waals surface area contributed by atoms with Gasteiger partial charge in [-0.05, 0) is 138 Å². The molecule has 8 unspecified atom stereocenters. The Labute approximate surface area is 597 Å². The van der Waals surface area contributed by atoms with E-state index in [0.29, 0.717) is 80.7 Å². The van der Waals surface area contributed by atoms with E-state index in [-0.39, 0.29) is 109 Å². The van der Waals surface area contributed by atoms with Crippen LogP contribution in [0.3, 0.4) is 0 Å². The van der Waals surface area contributed by atoms with E-state index in [0.717, 1.165) is 11.1 Å². The van der Waals surface area contributed by atoms with E-state index in [4.69, 9.17) is 15.2 Å². The largest absolute Gasteiger partial charge is 0.480 e. The summed E-state index contributed by atoms with van der Waals surface area (Å²) in [5, 5.41) is 30.2. The first-order chi connectivity index (χ1) is 48.5. The number of methoxy groups -OCH3 is 2. The van der Waals surface area contributed by atoms with Crippen molar-refractivity contribution in [3.05, 3.63) is 129 Å². The number of likely N-dealkylation sites (N-methyl/N-ethyl adjacent to an activating group) is 2. The number of aromatic nitrogens is 4. The molecule has 11 N–H and O–H groups in total. The number of ether oxygens (including phenoxy) is 2. The van der Waals surface area contributed by atoms with Gasteiger partial charge in [0.15, 0.2) is 11.2 Å². The fourth-order valence-electron chi connectivity index (χ4n) is 12.9. The molecule has 0 aliphatic carbocycles. The molecule has 0 spiro atoms. The van der Waals surface area contributed by atoms with Crippen molar-refractivity contribution in [3.8, 4) is 0 Å². The molecule has 1 saturated heterocycles. The van der Waals surface area contributed by atoms with Gasteiger partial charge in [-0.3, -0.25) is 53.0 Å². The number of aromatic amines is 1. The number of anilines is 3. The highest BCUT2D eigenvalue weighted by Gasteiger charge is 2.45. The van der Waals surface area contributed by atoms with E-state index in [1.165, 1.54) is 32.5 Å². The van der Waals surface area contributed by atoms with E-state index < -0.39 is 83.0 Å². The van der Waals surface area contributed by atoms with Crippen molar-refractivity contribution in [2.75, 3.05) is 71.4 Å². The van der Waals surface area contributed by atoms with Crippen molar-refractivity contribution in [1.82, 2.24) is 61.2 Å². The molecule has 6 rings (SSSR count). The second kappa shape index (κ2) is 38.9. The Morgan fingerprint density at radius 1 is 0.814 bits per heavy atom. The number of likely N-dealkylation sites (tertiary alicyclic amines) is 1. The predicted octanol–water partition coefficient (Wildman–Crippen LogP) is 5.88. The summed E-state index contributed by atoms with van der Waals surface area (Å²) in [5.41, 5.74) is 8.16. The molecule has 9 atom stereocenters.